The van der Waals surface area contributed by atoms with Crippen LogP contribution < -0.4 is 4.90 Å². The molecule has 0 aromatic heterocycles. The maximum atomic E-state index is 14.4. The fraction of sp³-hybridized carbons (Fsp3) is 0.600. The molecular weight excluding hydrogens is 752 g/mol. The van der Waals surface area contributed by atoms with Crippen LogP contribution >= 0.6 is 45.8 Å². The smallest absolute Gasteiger partial charge is 0.192 e. The molecule has 0 saturated carbocycles. The van der Waals surface area contributed by atoms with Gasteiger partial charge < -0.3 is 18.5 Å². The van der Waals surface area contributed by atoms with E-state index < -0.39 is 49.9 Å². The standard InChI is InChI=1S/C17H26ClF2NO2Si.C13H18ClF2IOSi/c1-17(2,3)24(4,5)23-11-12-10-13(16(20)14(18)15(12)19)21-6-8-22-9-7-21;1-13(2,3)19(4,5)18-7-8-6-9(17)12(16)10(14)11(8)15/h10H,6-9,11H2,1-5H3;6H,7H2,1-5H3. The zero-order valence-electron chi connectivity index (χ0n) is 26.7. The molecule has 43 heavy (non-hydrogen) atoms. The van der Waals surface area contributed by atoms with Gasteiger partial charge in [0.15, 0.2) is 28.3 Å². The molecule has 1 fully saturated rings. The van der Waals surface area contributed by atoms with Crippen LogP contribution in [0.1, 0.15) is 52.7 Å². The molecule has 0 unspecified atom stereocenters. The summed E-state index contributed by atoms with van der Waals surface area (Å²) in [6.07, 6.45) is 0. The summed E-state index contributed by atoms with van der Waals surface area (Å²) in [5.74, 6) is -2.88. The highest BCUT2D eigenvalue weighted by atomic mass is 127. The van der Waals surface area contributed by atoms with E-state index in [1.54, 1.807) is 22.6 Å². The van der Waals surface area contributed by atoms with E-state index in [4.69, 9.17) is 36.8 Å². The fourth-order valence-electron chi connectivity index (χ4n) is 3.46. The van der Waals surface area contributed by atoms with Gasteiger partial charge in [-0.2, -0.15) is 0 Å². The normalized spacial score (nSPS) is 15.0. The molecule has 2 aromatic rings. The summed E-state index contributed by atoms with van der Waals surface area (Å²) < 4.78 is 73.7. The monoisotopic (exact) mass is 795 g/mol. The summed E-state index contributed by atoms with van der Waals surface area (Å²) in [7, 11) is -4.00. The van der Waals surface area contributed by atoms with Crippen molar-refractivity contribution in [2.75, 3.05) is 31.2 Å². The number of anilines is 1. The first-order valence-electron chi connectivity index (χ1n) is 14.1. The van der Waals surface area contributed by atoms with Gasteiger partial charge in [-0.1, -0.05) is 64.7 Å². The molecule has 13 heteroatoms. The topological polar surface area (TPSA) is 30.9 Å². The van der Waals surface area contributed by atoms with Crippen LogP contribution in [-0.4, -0.2) is 42.9 Å². The molecule has 0 radical (unpaired) electrons. The van der Waals surface area contributed by atoms with Gasteiger partial charge in [-0.15, -0.1) is 0 Å². The van der Waals surface area contributed by atoms with Gasteiger partial charge in [0.1, 0.15) is 21.7 Å². The summed E-state index contributed by atoms with van der Waals surface area (Å²) in [4.78, 5) is 1.83. The van der Waals surface area contributed by atoms with Crippen molar-refractivity contribution in [1.82, 2.24) is 0 Å². The van der Waals surface area contributed by atoms with Crippen molar-refractivity contribution in [3.63, 3.8) is 0 Å². The minimum Gasteiger partial charge on any atom is -0.412 e. The predicted molar refractivity (Wildman–Crippen MR) is 182 cm³/mol. The summed E-state index contributed by atoms with van der Waals surface area (Å²) in [5.41, 5.74) is 0.923. The second-order valence-corrected chi connectivity index (χ2v) is 25.2. The van der Waals surface area contributed by atoms with E-state index in [1.165, 1.54) is 12.1 Å². The number of halogens is 7. The van der Waals surface area contributed by atoms with Gasteiger partial charge in [0, 0.05) is 24.2 Å². The minimum atomic E-state index is -2.04. The van der Waals surface area contributed by atoms with Crippen molar-refractivity contribution >= 4 is 68.1 Å². The van der Waals surface area contributed by atoms with Gasteiger partial charge in [-0.25, -0.2) is 17.6 Å². The van der Waals surface area contributed by atoms with E-state index >= 15 is 0 Å². The molecule has 1 heterocycles. The molecule has 244 valence electrons. The lowest BCUT2D eigenvalue weighted by molar-refractivity contribution is 0.122. The van der Waals surface area contributed by atoms with Crippen LogP contribution in [0.5, 0.6) is 0 Å². The predicted octanol–water partition coefficient (Wildman–Crippen LogP) is 10.7. The van der Waals surface area contributed by atoms with Crippen molar-refractivity contribution in [1.29, 1.82) is 0 Å². The zero-order valence-corrected chi connectivity index (χ0v) is 32.4. The van der Waals surface area contributed by atoms with Crippen LogP contribution in [0.4, 0.5) is 23.2 Å². The number of hydrogen-bond donors (Lipinski definition) is 0. The van der Waals surface area contributed by atoms with Crippen LogP contribution in [0, 0.1) is 26.8 Å². The van der Waals surface area contributed by atoms with E-state index in [0.717, 1.165) is 0 Å². The lowest BCUT2D eigenvalue weighted by Crippen LogP contribution is -2.40. The van der Waals surface area contributed by atoms with E-state index in [9.17, 15) is 17.6 Å². The Morgan fingerprint density at radius 3 is 1.56 bits per heavy atom. The molecule has 0 bridgehead atoms. The van der Waals surface area contributed by atoms with Crippen LogP contribution in [0.2, 0.25) is 46.3 Å². The number of nitrogens with zero attached hydrogens (tertiary/aromatic N) is 1. The van der Waals surface area contributed by atoms with E-state index in [1.807, 2.05) is 4.90 Å². The van der Waals surface area contributed by atoms with Crippen molar-refractivity contribution in [2.45, 2.75) is 91.0 Å². The molecular formula is C30H44Cl2F4INO3Si2. The van der Waals surface area contributed by atoms with Crippen LogP contribution in [0.25, 0.3) is 0 Å². The number of morpholine rings is 1. The number of benzene rings is 2. The lowest BCUT2D eigenvalue weighted by atomic mass is 10.1. The molecule has 0 spiro atoms. The van der Waals surface area contributed by atoms with Crippen LogP contribution in [0.3, 0.4) is 0 Å². The Hall–Kier alpha value is -0.416. The Balaban J connectivity index is 0.000000309. The fourth-order valence-corrected chi connectivity index (χ4v) is 6.60. The van der Waals surface area contributed by atoms with Crippen molar-refractivity contribution in [3.05, 3.63) is 60.1 Å². The van der Waals surface area contributed by atoms with Crippen molar-refractivity contribution in [3.8, 4) is 0 Å². The third-order valence-corrected chi connectivity index (χ3v) is 18.9. The molecule has 4 nitrogen and oxygen atoms in total. The SMILES string of the molecule is CC(C)(C)[Si](C)(C)OCc1cc(I)c(F)c(Cl)c1F.CC(C)(C)[Si](C)(C)OCc1cc(N2CCOCC2)c(F)c(Cl)c1F. The third kappa shape index (κ3) is 9.79. The Kier molecular flexibility index (Phi) is 13.5. The molecule has 0 atom stereocenters. The largest absolute Gasteiger partial charge is 0.412 e. The number of hydrogen-bond acceptors (Lipinski definition) is 4. The first kappa shape index (κ1) is 38.8. The highest BCUT2D eigenvalue weighted by Gasteiger charge is 2.38. The maximum absolute atomic E-state index is 14.4. The lowest BCUT2D eigenvalue weighted by Gasteiger charge is -2.36. The summed E-state index contributed by atoms with van der Waals surface area (Å²) >= 11 is 13.3. The van der Waals surface area contributed by atoms with Gasteiger partial charge in [-0.05, 0) is 71.0 Å². The van der Waals surface area contributed by atoms with Gasteiger partial charge in [0.05, 0.1) is 35.7 Å². The van der Waals surface area contributed by atoms with Crippen LogP contribution in [0.15, 0.2) is 12.1 Å². The average molecular weight is 797 g/mol. The molecule has 1 aliphatic rings. The first-order valence-corrected chi connectivity index (χ1v) is 21.8. The second kappa shape index (κ2) is 15.0. The molecule has 3 rings (SSSR count). The van der Waals surface area contributed by atoms with Crippen LogP contribution in [-0.2, 0) is 26.8 Å². The van der Waals surface area contributed by atoms with E-state index in [-0.39, 0.29) is 23.3 Å². The molecule has 0 aliphatic carbocycles. The molecule has 2 aromatic carbocycles. The molecule has 1 saturated heterocycles. The second-order valence-electron chi connectivity index (χ2n) is 13.7. The van der Waals surface area contributed by atoms with Crippen molar-refractivity contribution < 1.29 is 31.2 Å². The van der Waals surface area contributed by atoms with Crippen molar-refractivity contribution in [2.24, 2.45) is 0 Å². The average Bonchev–Trinajstić information content (AvgIpc) is 2.91. The Labute approximate surface area is 280 Å². The Morgan fingerprint density at radius 2 is 1.14 bits per heavy atom. The highest BCUT2D eigenvalue weighted by molar-refractivity contribution is 14.1. The summed E-state index contributed by atoms with van der Waals surface area (Å²) in [6, 6.07) is 2.97. The molecule has 0 amide bonds. The molecule has 1 aliphatic heterocycles. The zero-order chi connectivity index (χ0) is 33.1. The van der Waals surface area contributed by atoms with E-state index in [0.29, 0.717) is 46.7 Å². The Morgan fingerprint density at radius 1 is 0.744 bits per heavy atom. The van der Waals surface area contributed by atoms with Gasteiger partial charge in [0.25, 0.3) is 0 Å². The molecule has 0 N–H and O–H groups in total. The quantitative estimate of drug-likeness (QED) is 0.0918. The van der Waals surface area contributed by atoms with Gasteiger partial charge in [-0.3, -0.25) is 0 Å². The minimum absolute atomic E-state index is 0.0142. The third-order valence-electron chi connectivity index (χ3n) is 8.52. The number of ether oxygens (including phenoxy) is 1. The number of rotatable bonds is 7. The highest BCUT2D eigenvalue weighted by Crippen LogP contribution is 2.39. The van der Waals surface area contributed by atoms with Gasteiger partial charge in [0.2, 0.25) is 0 Å². The maximum Gasteiger partial charge on any atom is 0.192 e. The summed E-state index contributed by atoms with van der Waals surface area (Å²) in [6.45, 7) is 23.4. The first-order chi connectivity index (χ1) is 19.5. The van der Waals surface area contributed by atoms with E-state index in [2.05, 4.69) is 67.7 Å². The van der Waals surface area contributed by atoms with Gasteiger partial charge >= 0.3 is 0 Å². The Bertz CT molecular complexity index is 1280. The summed E-state index contributed by atoms with van der Waals surface area (Å²) in [5, 5.41) is -0.866.